The van der Waals surface area contributed by atoms with Gasteiger partial charge in [0.15, 0.2) is 17.2 Å². The van der Waals surface area contributed by atoms with Gasteiger partial charge in [0.1, 0.15) is 17.4 Å². The molecule has 244 valence electrons. The summed E-state index contributed by atoms with van der Waals surface area (Å²) in [6, 6.07) is -2.89. The van der Waals surface area contributed by atoms with Crippen molar-refractivity contribution in [2.75, 3.05) is 19.6 Å². The van der Waals surface area contributed by atoms with Gasteiger partial charge in [-0.15, -0.1) is 12.4 Å². The maximum atomic E-state index is 13.0. The van der Waals surface area contributed by atoms with Gasteiger partial charge in [-0.3, -0.25) is 28.8 Å². The van der Waals surface area contributed by atoms with Crippen LogP contribution in [0, 0.1) is 5.92 Å². The zero-order valence-corrected chi connectivity index (χ0v) is 26.0. The van der Waals surface area contributed by atoms with Crippen LogP contribution in [-0.4, -0.2) is 104 Å². The number of H-pyrrole nitrogens is 2. The number of carbonyl (C=O) groups is 6. The van der Waals surface area contributed by atoms with Crippen LogP contribution < -0.4 is 32.3 Å². The highest BCUT2D eigenvalue weighted by molar-refractivity contribution is 6.06. The van der Waals surface area contributed by atoms with Gasteiger partial charge in [0.2, 0.25) is 0 Å². The molecule has 0 bridgehead atoms. The SMILES string of the molecule is CC(C)C[C@@H](CNCC(=O)[C@H](C)NC(=O)c1[nH]cnc1C(=O)N[C@@H](C)CN)NC(=O)c1nc[nH]c1C(=O)N[C@@H](C)C(=O)O.Cl. The van der Waals surface area contributed by atoms with Gasteiger partial charge in [0.25, 0.3) is 23.6 Å². The molecule has 44 heavy (non-hydrogen) atoms. The monoisotopic (exact) mass is 640 g/mol. The van der Waals surface area contributed by atoms with Crippen molar-refractivity contribution in [1.29, 1.82) is 0 Å². The van der Waals surface area contributed by atoms with Crippen LogP contribution in [0.15, 0.2) is 12.7 Å². The summed E-state index contributed by atoms with van der Waals surface area (Å²) in [5.74, 6) is -4.17. The molecule has 17 nitrogen and oxygen atoms in total. The number of nitrogens with two attached hydrogens (primary N) is 1. The fraction of sp³-hybridized carbons (Fsp3) is 0.538. The van der Waals surface area contributed by atoms with Crippen molar-refractivity contribution in [2.45, 2.75) is 65.2 Å². The van der Waals surface area contributed by atoms with E-state index in [1.807, 2.05) is 13.8 Å². The Bertz CT molecular complexity index is 1310. The molecule has 0 aliphatic rings. The quantitative estimate of drug-likeness (QED) is 0.101. The summed E-state index contributed by atoms with van der Waals surface area (Å²) in [4.78, 5) is 87.3. The van der Waals surface area contributed by atoms with Crippen LogP contribution in [0.5, 0.6) is 0 Å². The van der Waals surface area contributed by atoms with E-state index in [0.29, 0.717) is 6.42 Å². The minimum atomic E-state index is -1.24. The molecule has 0 aliphatic heterocycles. The van der Waals surface area contributed by atoms with E-state index in [0.717, 1.165) is 6.33 Å². The van der Waals surface area contributed by atoms with Crippen molar-refractivity contribution in [3.05, 3.63) is 35.4 Å². The minimum Gasteiger partial charge on any atom is -0.480 e. The smallest absolute Gasteiger partial charge is 0.325 e. The van der Waals surface area contributed by atoms with E-state index in [4.69, 9.17) is 10.8 Å². The zero-order chi connectivity index (χ0) is 32.3. The third kappa shape index (κ3) is 11.1. The number of carboxylic acid groups (broad SMARTS) is 1. The fourth-order valence-electron chi connectivity index (χ4n) is 3.85. The second-order valence-electron chi connectivity index (χ2n) is 10.5. The number of hydrogen-bond acceptors (Lipinski definition) is 10. The van der Waals surface area contributed by atoms with Crippen molar-refractivity contribution in [2.24, 2.45) is 11.7 Å². The molecule has 18 heteroatoms. The molecular weight excluding hydrogens is 600 g/mol. The number of nitrogens with zero attached hydrogens (tertiary/aromatic N) is 2. The van der Waals surface area contributed by atoms with Gasteiger partial charge in [0.05, 0.1) is 25.2 Å². The first-order valence-electron chi connectivity index (χ1n) is 13.7. The van der Waals surface area contributed by atoms with Gasteiger partial charge in [-0.1, -0.05) is 13.8 Å². The molecule has 0 saturated heterocycles. The number of Topliss-reactive ketones (excluding diaryl/α,β-unsaturated/α-hetero) is 1. The lowest BCUT2D eigenvalue weighted by atomic mass is 10.0. The van der Waals surface area contributed by atoms with Crippen molar-refractivity contribution in [1.82, 2.24) is 46.5 Å². The van der Waals surface area contributed by atoms with Crippen molar-refractivity contribution < 1.29 is 33.9 Å². The van der Waals surface area contributed by atoms with Crippen LogP contribution in [-0.2, 0) is 9.59 Å². The highest BCUT2D eigenvalue weighted by atomic mass is 35.5. The maximum Gasteiger partial charge on any atom is 0.325 e. The molecule has 0 aromatic carbocycles. The van der Waals surface area contributed by atoms with Crippen LogP contribution in [0.2, 0.25) is 0 Å². The van der Waals surface area contributed by atoms with Gasteiger partial charge in [-0.25, -0.2) is 9.97 Å². The summed E-state index contributed by atoms with van der Waals surface area (Å²) in [7, 11) is 0. The summed E-state index contributed by atoms with van der Waals surface area (Å²) >= 11 is 0. The van der Waals surface area contributed by atoms with E-state index in [1.54, 1.807) is 6.92 Å². The third-order valence-electron chi connectivity index (χ3n) is 6.22. The highest BCUT2D eigenvalue weighted by Crippen LogP contribution is 2.09. The average Bonchev–Trinajstić information content (AvgIpc) is 3.63. The van der Waals surface area contributed by atoms with E-state index in [9.17, 15) is 28.8 Å². The van der Waals surface area contributed by atoms with Crippen molar-refractivity contribution >= 4 is 47.8 Å². The number of aromatic amines is 2. The summed E-state index contributed by atoms with van der Waals surface area (Å²) in [5.41, 5.74) is 4.90. The molecule has 2 heterocycles. The standard InChI is InChI=1S/C26H40N10O7.ClH/c1-12(2)6-16(36-25(41)21-20(31-11-32-21)24(40)35-15(5)26(42)43)8-28-9-17(37)14(4)34-23(39)19-18(29-10-30-19)22(38)33-13(3)7-27;/h10-16,28H,6-9,27H2,1-5H3,(H,29,30)(H,31,32)(H,33,38)(H,34,39)(H,35,40)(H,36,41)(H,42,43);1H/t13-,14-,15-,16-;/m0./s1. The first-order chi connectivity index (χ1) is 20.2. The number of carbonyl (C=O) groups excluding carboxylic acids is 5. The van der Waals surface area contributed by atoms with E-state index in [-0.39, 0.29) is 72.6 Å². The Hall–Kier alpha value is -4.35. The Balaban J connectivity index is 0.00000968. The Morgan fingerprint density at radius 2 is 1.30 bits per heavy atom. The number of carboxylic acids is 1. The molecule has 4 amide bonds. The second-order valence-corrected chi connectivity index (χ2v) is 10.5. The molecule has 0 spiro atoms. The summed E-state index contributed by atoms with van der Waals surface area (Å²) in [6.07, 6.45) is 2.87. The topological polar surface area (TPSA) is 266 Å². The van der Waals surface area contributed by atoms with Crippen LogP contribution in [0.1, 0.15) is 83.0 Å². The number of rotatable bonds is 17. The normalized spacial score (nSPS) is 13.5. The number of hydrogen-bond donors (Lipinski definition) is 9. The van der Waals surface area contributed by atoms with Crippen molar-refractivity contribution in [3.8, 4) is 0 Å². The summed E-state index contributed by atoms with van der Waals surface area (Å²) in [5, 5.41) is 22.2. The molecular formula is C26H41ClN10O7. The van der Waals surface area contributed by atoms with Crippen molar-refractivity contribution in [3.63, 3.8) is 0 Å². The lowest BCUT2D eigenvalue weighted by Gasteiger charge is -2.21. The second kappa shape index (κ2) is 17.7. The molecule has 0 aliphatic carbocycles. The number of ketones is 1. The predicted molar refractivity (Wildman–Crippen MR) is 160 cm³/mol. The van der Waals surface area contributed by atoms with Gasteiger partial charge >= 0.3 is 5.97 Å². The van der Waals surface area contributed by atoms with Crippen LogP contribution in [0.25, 0.3) is 0 Å². The molecule has 0 fully saturated rings. The average molecular weight is 641 g/mol. The predicted octanol–water partition coefficient (Wildman–Crippen LogP) is -1.04. The molecule has 2 aromatic heterocycles. The maximum absolute atomic E-state index is 13.0. The number of aromatic nitrogens is 4. The first-order valence-corrected chi connectivity index (χ1v) is 13.7. The van der Waals surface area contributed by atoms with E-state index < -0.39 is 47.7 Å². The van der Waals surface area contributed by atoms with Gasteiger partial charge < -0.3 is 47.4 Å². The Labute approximate surface area is 260 Å². The molecule has 10 N–H and O–H groups in total. The molecule has 0 saturated carbocycles. The Morgan fingerprint density at radius 1 is 0.795 bits per heavy atom. The number of nitrogens with one attached hydrogen (secondary N) is 7. The summed E-state index contributed by atoms with van der Waals surface area (Å²) in [6.45, 7) is 8.62. The highest BCUT2D eigenvalue weighted by Gasteiger charge is 2.26. The van der Waals surface area contributed by atoms with Gasteiger partial charge in [-0.2, -0.15) is 0 Å². The van der Waals surface area contributed by atoms with Crippen LogP contribution in [0.3, 0.4) is 0 Å². The van der Waals surface area contributed by atoms with Gasteiger partial charge in [-0.05, 0) is 33.1 Å². The zero-order valence-electron chi connectivity index (χ0n) is 25.1. The van der Waals surface area contributed by atoms with Crippen LogP contribution >= 0.6 is 12.4 Å². The molecule has 2 aromatic rings. The Morgan fingerprint density at radius 3 is 1.77 bits per heavy atom. The Kier molecular flexibility index (Phi) is 15.1. The molecule has 0 unspecified atom stereocenters. The number of aliphatic carboxylic acids is 1. The minimum absolute atomic E-state index is 0. The lowest BCUT2D eigenvalue weighted by molar-refractivity contribution is -0.138. The largest absolute Gasteiger partial charge is 0.480 e. The van der Waals surface area contributed by atoms with Crippen LogP contribution in [0.4, 0.5) is 0 Å². The van der Waals surface area contributed by atoms with Gasteiger partial charge in [0, 0.05) is 25.2 Å². The number of halogens is 1. The number of imidazole rings is 2. The third-order valence-corrected chi connectivity index (χ3v) is 6.22. The molecule has 0 radical (unpaired) electrons. The van der Waals surface area contributed by atoms with E-state index in [2.05, 4.69) is 46.5 Å². The van der Waals surface area contributed by atoms with E-state index >= 15 is 0 Å². The lowest BCUT2D eigenvalue weighted by Crippen LogP contribution is -2.47. The molecule has 4 atom stereocenters. The van der Waals surface area contributed by atoms with E-state index in [1.165, 1.54) is 20.2 Å². The summed E-state index contributed by atoms with van der Waals surface area (Å²) < 4.78 is 0. The fourth-order valence-corrected chi connectivity index (χ4v) is 3.85. The number of amides is 4. The molecule has 2 rings (SSSR count). The first kappa shape index (κ1) is 37.7.